The first-order valence-electron chi connectivity index (χ1n) is 7.14. The number of thiophene rings is 1. The smallest absolute Gasteiger partial charge is 0.236 e. The Kier molecular flexibility index (Phi) is 4.93. The normalized spacial score (nSPS) is 12.3. The monoisotopic (exact) mass is 347 g/mol. The van der Waals surface area contributed by atoms with Crippen LogP contribution in [0.4, 0.5) is 0 Å². The molecule has 0 aliphatic rings. The summed E-state index contributed by atoms with van der Waals surface area (Å²) in [5.41, 5.74) is 1.75. The van der Waals surface area contributed by atoms with Crippen molar-refractivity contribution in [3.05, 3.63) is 58.8 Å². The molecule has 3 aromatic rings. The van der Waals surface area contributed by atoms with Gasteiger partial charge in [-0.1, -0.05) is 18.2 Å². The highest BCUT2D eigenvalue weighted by Gasteiger charge is 2.15. The van der Waals surface area contributed by atoms with Gasteiger partial charge < -0.3 is 9.15 Å². The molecule has 0 spiro atoms. The van der Waals surface area contributed by atoms with E-state index in [4.69, 9.17) is 9.15 Å². The van der Waals surface area contributed by atoms with Gasteiger partial charge in [-0.15, -0.1) is 11.3 Å². The summed E-state index contributed by atoms with van der Waals surface area (Å²) < 4.78 is 23.3. The van der Waals surface area contributed by atoms with Crippen molar-refractivity contribution in [3.63, 3.8) is 0 Å². The quantitative estimate of drug-likeness (QED) is 0.671. The van der Waals surface area contributed by atoms with Crippen LogP contribution in [-0.2, 0) is 22.3 Å². The number of ether oxygens (including phenoxy) is 1. The zero-order chi connectivity index (χ0) is 16.2. The number of hydrogen-bond donors (Lipinski definition) is 0. The van der Waals surface area contributed by atoms with Crippen LogP contribution in [0.1, 0.15) is 17.0 Å². The maximum Gasteiger partial charge on any atom is 0.236 e. The minimum atomic E-state index is -1.05. The van der Waals surface area contributed by atoms with Crippen LogP contribution in [0, 0.1) is 6.92 Å². The molecular formula is C17H17NO3S2. The van der Waals surface area contributed by atoms with Crippen molar-refractivity contribution < 1.29 is 13.4 Å². The van der Waals surface area contributed by atoms with Crippen LogP contribution >= 0.6 is 11.3 Å². The van der Waals surface area contributed by atoms with Gasteiger partial charge in [0.2, 0.25) is 5.89 Å². The Morgan fingerprint density at radius 1 is 1.26 bits per heavy atom. The van der Waals surface area contributed by atoms with Gasteiger partial charge in [-0.3, -0.25) is 4.21 Å². The third kappa shape index (κ3) is 3.89. The highest BCUT2D eigenvalue weighted by atomic mass is 32.2. The number of rotatable bonds is 6. The fraction of sp³-hybridized carbons (Fsp3) is 0.235. The number of nitrogens with zero attached hydrogens (tertiary/aromatic N) is 1. The van der Waals surface area contributed by atoms with Gasteiger partial charge in [-0.2, -0.15) is 0 Å². The minimum Gasteiger partial charge on any atom is -0.497 e. The molecule has 0 saturated heterocycles. The van der Waals surface area contributed by atoms with E-state index in [1.54, 1.807) is 18.4 Å². The van der Waals surface area contributed by atoms with Gasteiger partial charge >= 0.3 is 0 Å². The molecule has 1 atom stereocenters. The zero-order valence-electron chi connectivity index (χ0n) is 12.9. The fourth-order valence-corrected chi connectivity index (χ4v) is 4.09. The van der Waals surface area contributed by atoms with Crippen LogP contribution in [0.5, 0.6) is 5.75 Å². The molecule has 3 rings (SSSR count). The lowest BCUT2D eigenvalue weighted by molar-refractivity contribution is 0.414. The summed E-state index contributed by atoms with van der Waals surface area (Å²) in [6.07, 6.45) is 0. The van der Waals surface area contributed by atoms with Crippen molar-refractivity contribution in [3.8, 4) is 16.5 Å². The van der Waals surface area contributed by atoms with E-state index in [1.165, 1.54) is 0 Å². The predicted molar refractivity (Wildman–Crippen MR) is 93.1 cm³/mol. The lowest BCUT2D eigenvalue weighted by Crippen LogP contribution is -2.01. The third-order valence-electron chi connectivity index (χ3n) is 3.38. The van der Waals surface area contributed by atoms with Crippen molar-refractivity contribution in [1.82, 2.24) is 4.98 Å². The van der Waals surface area contributed by atoms with E-state index in [-0.39, 0.29) is 0 Å². The molecule has 0 N–H and O–H groups in total. The Hall–Kier alpha value is -1.92. The van der Waals surface area contributed by atoms with Gasteiger partial charge in [0, 0.05) is 16.6 Å². The summed E-state index contributed by atoms with van der Waals surface area (Å²) in [7, 11) is 0.575. The summed E-state index contributed by atoms with van der Waals surface area (Å²) in [6, 6.07) is 11.6. The van der Waals surface area contributed by atoms with Crippen molar-refractivity contribution in [2.45, 2.75) is 18.4 Å². The second-order valence-electron chi connectivity index (χ2n) is 5.08. The Bertz CT molecular complexity index is 809. The average Bonchev–Trinajstić information content (AvgIpc) is 3.18. The maximum absolute atomic E-state index is 12.4. The second-order valence-corrected chi connectivity index (χ2v) is 7.48. The van der Waals surface area contributed by atoms with Crippen molar-refractivity contribution in [2.24, 2.45) is 0 Å². The first-order chi connectivity index (χ1) is 11.2. The second kappa shape index (κ2) is 7.10. The highest BCUT2D eigenvalue weighted by molar-refractivity contribution is 7.83. The number of oxazole rings is 1. The van der Waals surface area contributed by atoms with Crippen LogP contribution in [0.2, 0.25) is 0 Å². The third-order valence-corrected chi connectivity index (χ3v) is 5.49. The van der Waals surface area contributed by atoms with Gasteiger partial charge in [-0.05, 0) is 36.1 Å². The molecule has 0 unspecified atom stereocenters. The summed E-state index contributed by atoms with van der Waals surface area (Å²) in [6.45, 7) is 1.86. The standard InChI is InChI=1S/C17H17NO3S2/c1-12-15(18-17(21-12)16-7-4-8-22-16)11-23(19)10-13-5-3-6-14(9-13)20-2/h3-9H,10-11H2,1-2H3/t23-/m0/s1. The molecule has 120 valence electrons. The van der Waals surface area contributed by atoms with Crippen molar-refractivity contribution in [1.29, 1.82) is 0 Å². The van der Waals surface area contributed by atoms with Crippen molar-refractivity contribution in [2.75, 3.05) is 7.11 Å². The summed E-state index contributed by atoms with van der Waals surface area (Å²) in [5, 5.41) is 1.98. The Balaban J connectivity index is 1.70. The molecular weight excluding hydrogens is 330 g/mol. The first-order valence-corrected chi connectivity index (χ1v) is 9.50. The lowest BCUT2D eigenvalue weighted by atomic mass is 10.2. The molecule has 6 heteroatoms. The molecule has 0 saturated carbocycles. The van der Waals surface area contributed by atoms with E-state index >= 15 is 0 Å². The molecule has 0 aliphatic carbocycles. The first kappa shape index (κ1) is 16.0. The molecule has 0 radical (unpaired) electrons. The molecule has 0 fully saturated rings. The van der Waals surface area contributed by atoms with E-state index in [0.29, 0.717) is 17.4 Å². The van der Waals surface area contributed by atoms with Gasteiger partial charge in [0.15, 0.2) is 0 Å². The van der Waals surface area contributed by atoms with Gasteiger partial charge in [0.05, 0.1) is 23.4 Å². The van der Waals surface area contributed by atoms with E-state index in [2.05, 4.69) is 4.98 Å². The van der Waals surface area contributed by atoms with Crippen LogP contribution < -0.4 is 4.74 Å². The van der Waals surface area contributed by atoms with Crippen LogP contribution in [0.3, 0.4) is 0 Å². The predicted octanol–water partition coefficient (Wildman–Crippen LogP) is 4.17. The fourth-order valence-electron chi connectivity index (χ4n) is 2.22. The minimum absolute atomic E-state index is 0.387. The Labute approximate surface area is 141 Å². The largest absolute Gasteiger partial charge is 0.497 e. The molecule has 0 aliphatic heterocycles. The van der Waals surface area contributed by atoms with Gasteiger partial charge in [0.25, 0.3) is 0 Å². The number of aromatic nitrogens is 1. The van der Waals surface area contributed by atoms with Crippen LogP contribution in [0.15, 0.2) is 46.2 Å². The Morgan fingerprint density at radius 3 is 2.87 bits per heavy atom. The maximum atomic E-state index is 12.4. The number of benzene rings is 1. The van der Waals surface area contributed by atoms with Gasteiger partial charge in [-0.25, -0.2) is 4.98 Å². The molecule has 2 heterocycles. The topological polar surface area (TPSA) is 52.3 Å². The average molecular weight is 347 g/mol. The van der Waals surface area contributed by atoms with E-state index in [1.807, 2.05) is 48.7 Å². The SMILES string of the molecule is COc1cccc(C[S@](=O)Cc2nc(-c3cccs3)oc2C)c1. The summed E-state index contributed by atoms with van der Waals surface area (Å²) >= 11 is 1.58. The number of methoxy groups -OCH3 is 1. The number of hydrogen-bond acceptors (Lipinski definition) is 5. The van der Waals surface area contributed by atoms with E-state index in [9.17, 15) is 4.21 Å². The molecule has 0 amide bonds. The van der Waals surface area contributed by atoms with Crippen LogP contribution in [0.25, 0.3) is 10.8 Å². The summed E-state index contributed by atoms with van der Waals surface area (Å²) in [4.78, 5) is 5.48. The van der Waals surface area contributed by atoms with E-state index < -0.39 is 10.8 Å². The molecule has 23 heavy (non-hydrogen) atoms. The van der Waals surface area contributed by atoms with Crippen molar-refractivity contribution >= 4 is 22.1 Å². The molecule has 0 bridgehead atoms. The molecule has 2 aromatic heterocycles. The number of aryl methyl sites for hydroxylation is 1. The molecule has 4 nitrogen and oxygen atoms in total. The lowest BCUT2D eigenvalue weighted by Gasteiger charge is -2.04. The Morgan fingerprint density at radius 2 is 2.13 bits per heavy atom. The zero-order valence-corrected chi connectivity index (χ0v) is 14.6. The van der Waals surface area contributed by atoms with Crippen LogP contribution in [-0.4, -0.2) is 16.3 Å². The van der Waals surface area contributed by atoms with Gasteiger partial charge in [0.1, 0.15) is 11.5 Å². The van der Waals surface area contributed by atoms with E-state index in [0.717, 1.165) is 27.6 Å². The highest BCUT2D eigenvalue weighted by Crippen LogP contribution is 2.26. The summed E-state index contributed by atoms with van der Waals surface area (Å²) in [5.74, 6) is 2.96. The molecule has 1 aromatic carbocycles.